The van der Waals surface area contributed by atoms with Crippen LogP contribution in [0.2, 0.25) is 0 Å². The lowest BCUT2D eigenvalue weighted by Crippen LogP contribution is -2.38. The zero-order chi connectivity index (χ0) is 20.4. The number of hydrogen-bond acceptors (Lipinski definition) is 3. The average molecular weight is 575 g/mol. The summed E-state index contributed by atoms with van der Waals surface area (Å²) < 4.78 is 6.40. The number of ether oxygens (including phenoxy) is 1. The van der Waals surface area contributed by atoms with Gasteiger partial charge in [-0.3, -0.25) is 4.79 Å². The molecule has 6 nitrogen and oxygen atoms in total. The van der Waals surface area contributed by atoms with Gasteiger partial charge in [-0.1, -0.05) is 28.1 Å². The van der Waals surface area contributed by atoms with Gasteiger partial charge in [0.05, 0.1) is 13.7 Å². The molecule has 0 aliphatic carbocycles. The number of rotatable bonds is 8. The summed E-state index contributed by atoms with van der Waals surface area (Å²) in [5.41, 5.74) is 2.77. The first-order valence-corrected chi connectivity index (χ1v) is 10.0. The molecule has 0 bridgehead atoms. The van der Waals surface area contributed by atoms with Crippen LogP contribution in [-0.2, 0) is 13.0 Å². The van der Waals surface area contributed by atoms with Crippen molar-refractivity contribution in [3.63, 3.8) is 0 Å². The maximum atomic E-state index is 11.8. The summed E-state index contributed by atoms with van der Waals surface area (Å²) >= 11 is 3.49. The summed E-state index contributed by atoms with van der Waals surface area (Å²) in [6, 6.07) is 13.5. The van der Waals surface area contributed by atoms with Crippen molar-refractivity contribution in [2.45, 2.75) is 19.9 Å². The molecule has 29 heavy (non-hydrogen) atoms. The smallest absolute Gasteiger partial charge is 0.251 e. The van der Waals surface area contributed by atoms with Crippen molar-refractivity contribution >= 4 is 51.8 Å². The van der Waals surface area contributed by atoms with Gasteiger partial charge >= 0.3 is 0 Å². The predicted molar refractivity (Wildman–Crippen MR) is 132 cm³/mol. The van der Waals surface area contributed by atoms with Crippen LogP contribution in [0.25, 0.3) is 0 Å². The first kappa shape index (κ1) is 25.2. The van der Waals surface area contributed by atoms with Crippen molar-refractivity contribution in [2.75, 3.05) is 27.2 Å². The molecule has 2 aromatic rings. The molecule has 0 aliphatic heterocycles. The minimum Gasteiger partial charge on any atom is -0.496 e. The van der Waals surface area contributed by atoms with Crippen LogP contribution in [0.15, 0.2) is 51.9 Å². The molecule has 0 saturated heterocycles. The Kier molecular flexibility index (Phi) is 11.7. The minimum absolute atomic E-state index is 0. The fraction of sp³-hybridized carbons (Fsp3) is 0.333. The molecule has 0 radical (unpaired) electrons. The molecule has 158 valence electrons. The topological polar surface area (TPSA) is 74.8 Å². The van der Waals surface area contributed by atoms with Gasteiger partial charge in [-0.2, -0.15) is 0 Å². The molecule has 0 aromatic heterocycles. The average Bonchev–Trinajstić information content (AvgIpc) is 2.71. The third-order valence-electron chi connectivity index (χ3n) is 4.12. The number of carbonyl (C=O) groups excluding carboxylic acids is 1. The van der Waals surface area contributed by atoms with Crippen molar-refractivity contribution in [1.29, 1.82) is 0 Å². The monoisotopic (exact) mass is 574 g/mol. The van der Waals surface area contributed by atoms with Gasteiger partial charge in [-0.25, -0.2) is 4.99 Å². The SMILES string of the molecule is CCNC(=NCc1cc(Br)ccc1OC)NCCc1cccc(C(=O)NC)c1.I. The Morgan fingerprint density at radius 2 is 1.97 bits per heavy atom. The molecule has 0 heterocycles. The highest BCUT2D eigenvalue weighted by molar-refractivity contribution is 14.0. The Balaban J connectivity index is 0.00000420. The van der Waals surface area contributed by atoms with E-state index in [1.54, 1.807) is 14.2 Å². The standard InChI is InChI=1S/C21H27BrN4O2.HI/c1-4-24-21(26-14-17-13-18(22)8-9-19(17)28-3)25-11-10-15-6-5-7-16(12-15)20(27)23-2;/h5-9,12-13H,4,10-11,14H2,1-3H3,(H,23,27)(H2,24,25,26);1H. The lowest BCUT2D eigenvalue weighted by atomic mass is 10.1. The van der Waals surface area contributed by atoms with Crippen LogP contribution >= 0.6 is 39.9 Å². The lowest BCUT2D eigenvalue weighted by Gasteiger charge is -2.13. The molecule has 0 fully saturated rings. The van der Waals surface area contributed by atoms with Gasteiger partial charge in [-0.15, -0.1) is 24.0 Å². The van der Waals surface area contributed by atoms with Crippen molar-refractivity contribution in [2.24, 2.45) is 4.99 Å². The van der Waals surface area contributed by atoms with E-state index in [1.807, 2.05) is 49.4 Å². The van der Waals surface area contributed by atoms with Crippen molar-refractivity contribution in [3.05, 3.63) is 63.6 Å². The number of nitrogens with one attached hydrogen (secondary N) is 3. The Bertz CT molecular complexity index is 830. The van der Waals surface area contributed by atoms with E-state index >= 15 is 0 Å². The molecule has 2 aromatic carbocycles. The van der Waals surface area contributed by atoms with Crippen LogP contribution < -0.4 is 20.7 Å². The van der Waals surface area contributed by atoms with E-state index in [2.05, 4.69) is 36.9 Å². The second-order valence-corrected chi connectivity index (χ2v) is 7.02. The first-order chi connectivity index (χ1) is 13.6. The van der Waals surface area contributed by atoms with Crippen molar-refractivity contribution in [1.82, 2.24) is 16.0 Å². The predicted octanol–water partition coefficient (Wildman–Crippen LogP) is 3.73. The second-order valence-electron chi connectivity index (χ2n) is 6.11. The molecule has 0 atom stereocenters. The molecule has 0 spiro atoms. The highest BCUT2D eigenvalue weighted by Gasteiger charge is 2.06. The van der Waals surface area contributed by atoms with Gasteiger partial charge in [0.15, 0.2) is 5.96 Å². The molecule has 8 heteroatoms. The Hall–Kier alpha value is -1.81. The number of guanidine groups is 1. The second kappa shape index (κ2) is 13.4. The number of benzene rings is 2. The first-order valence-electron chi connectivity index (χ1n) is 9.23. The van der Waals surface area contributed by atoms with E-state index in [4.69, 9.17) is 4.74 Å². The highest BCUT2D eigenvalue weighted by Crippen LogP contribution is 2.23. The van der Waals surface area contributed by atoms with Gasteiger partial charge in [0.25, 0.3) is 5.91 Å². The zero-order valence-electron chi connectivity index (χ0n) is 16.9. The van der Waals surface area contributed by atoms with Crippen LogP contribution in [0.4, 0.5) is 0 Å². The maximum absolute atomic E-state index is 11.8. The van der Waals surface area contributed by atoms with E-state index in [0.717, 1.165) is 40.3 Å². The largest absolute Gasteiger partial charge is 0.496 e. The van der Waals surface area contributed by atoms with Crippen LogP contribution in [-0.4, -0.2) is 39.1 Å². The summed E-state index contributed by atoms with van der Waals surface area (Å²) in [6.45, 7) is 4.01. The number of hydrogen-bond donors (Lipinski definition) is 3. The zero-order valence-corrected chi connectivity index (χ0v) is 20.8. The van der Waals surface area contributed by atoms with Gasteiger partial charge in [0.1, 0.15) is 5.75 Å². The highest BCUT2D eigenvalue weighted by atomic mass is 127. The van der Waals surface area contributed by atoms with Crippen LogP contribution in [0.5, 0.6) is 5.75 Å². The summed E-state index contributed by atoms with van der Waals surface area (Å²) in [5, 5.41) is 9.24. The third-order valence-corrected chi connectivity index (χ3v) is 4.61. The molecule has 3 N–H and O–H groups in total. The number of methoxy groups -OCH3 is 1. The van der Waals surface area contributed by atoms with Crippen molar-refractivity contribution < 1.29 is 9.53 Å². The van der Waals surface area contributed by atoms with Gasteiger partial charge in [0.2, 0.25) is 0 Å². The van der Waals surface area contributed by atoms with Crippen LogP contribution in [0, 0.1) is 0 Å². The molecule has 0 unspecified atom stereocenters. The van der Waals surface area contributed by atoms with E-state index in [9.17, 15) is 4.79 Å². The van der Waals surface area contributed by atoms with Crippen LogP contribution in [0.3, 0.4) is 0 Å². The van der Waals surface area contributed by atoms with Crippen molar-refractivity contribution in [3.8, 4) is 5.75 Å². The summed E-state index contributed by atoms with van der Waals surface area (Å²) in [6.07, 6.45) is 0.787. The molecule has 0 aliphatic rings. The minimum atomic E-state index is -0.0762. The number of carbonyl (C=O) groups is 1. The summed E-state index contributed by atoms with van der Waals surface area (Å²) in [4.78, 5) is 16.4. The van der Waals surface area contributed by atoms with E-state index in [-0.39, 0.29) is 29.9 Å². The summed E-state index contributed by atoms with van der Waals surface area (Å²) in [5.74, 6) is 1.48. The third kappa shape index (κ3) is 8.22. The van der Waals surface area contributed by atoms with Gasteiger partial charge < -0.3 is 20.7 Å². The Labute approximate surface area is 198 Å². The molecule has 1 amide bonds. The van der Waals surface area contributed by atoms with E-state index in [1.165, 1.54) is 0 Å². The number of halogens is 2. The molecule has 2 rings (SSSR count). The van der Waals surface area contributed by atoms with Gasteiger partial charge in [0, 0.05) is 35.7 Å². The van der Waals surface area contributed by atoms with E-state index in [0.29, 0.717) is 18.7 Å². The summed E-state index contributed by atoms with van der Waals surface area (Å²) in [7, 11) is 3.29. The van der Waals surface area contributed by atoms with E-state index < -0.39 is 0 Å². The number of nitrogens with zero attached hydrogens (tertiary/aromatic N) is 1. The lowest BCUT2D eigenvalue weighted by molar-refractivity contribution is 0.0963. The van der Waals surface area contributed by atoms with Crippen LogP contribution in [0.1, 0.15) is 28.4 Å². The molecular weight excluding hydrogens is 547 g/mol. The number of amides is 1. The maximum Gasteiger partial charge on any atom is 0.251 e. The molecule has 0 saturated carbocycles. The fourth-order valence-corrected chi connectivity index (χ4v) is 3.12. The fourth-order valence-electron chi connectivity index (χ4n) is 2.71. The normalized spacial score (nSPS) is 10.7. The quantitative estimate of drug-likeness (QED) is 0.255. The Morgan fingerprint density at radius 3 is 2.66 bits per heavy atom. The molecular formula is C21H28BrIN4O2. The number of aliphatic imine (C=N–C) groups is 1. The Morgan fingerprint density at radius 1 is 1.17 bits per heavy atom. The van der Waals surface area contributed by atoms with Gasteiger partial charge in [-0.05, 0) is 49.2 Å².